The van der Waals surface area contributed by atoms with E-state index in [4.69, 9.17) is 4.74 Å². The normalized spacial score (nSPS) is 14.5. The van der Waals surface area contributed by atoms with Crippen molar-refractivity contribution in [1.82, 2.24) is 0 Å². The van der Waals surface area contributed by atoms with Gasteiger partial charge in [-0.05, 0) is 34.1 Å². The fourth-order valence-corrected chi connectivity index (χ4v) is 1.33. The molecule has 0 spiro atoms. The van der Waals surface area contributed by atoms with E-state index in [1.54, 1.807) is 26.8 Å². The highest BCUT2D eigenvalue weighted by molar-refractivity contribution is 5.75. The molecule has 0 heterocycles. The van der Waals surface area contributed by atoms with E-state index < -0.39 is 11.5 Å². The summed E-state index contributed by atoms with van der Waals surface area (Å²) in [6.45, 7) is 9.47. The van der Waals surface area contributed by atoms with Gasteiger partial charge in [0, 0.05) is 5.92 Å². The Morgan fingerprint density at radius 1 is 1.40 bits per heavy atom. The van der Waals surface area contributed by atoms with Gasteiger partial charge in [-0.25, -0.2) is 0 Å². The number of hydrogen-bond donors (Lipinski definition) is 1. The van der Waals surface area contributed by atoms with Crippen molar-refractivity contribution in [2.45, 2.75) is 60.0 Å². The highest BCUT2D eigenvalue weighted by Crippen LogP contribution is 2.14. The van der Waals surface area contributed by atoms with Crippen LogP contribution in [0.25, 0.3) is 0 Å². The summed E-state index contributed by atoms with van der Waals surface area (Å²) in [6, 6.07) is 0. The second kappa shape index (κ2) is 9.61. The summed E-state index contributed by atoms with van der Waals surface area (Å²) in [5.41, 5.74) is -0.505. The van der Waals surface area contributed by atoms with Gasteiger partial charge in [0.15, 0.2) is 6.61 Å². The maximum atomic E-state index is 11.5. The van der Waals surface area contributed by atoms with Crippen molar-refractivity contribution in [2.75, 3.05) is 6.61 Å². The largest absolute Gasteiger partial charge is 0.452 e. The molecule has 2 atom stereocenters. The van der Waals surface area contributed by atoms with Crippen LogP contribution >= 0.6 is 0 Å². The molecule has 0 aliphatic rings. The van der Waals surface area contributed by atoms with E-state index >= 15 is 0 Å². The van der Waals surface area contributed by atoms with Crippen LogP contribution in [-0.4, -0.2) is 23.8 Å². The lowest BCUT2D eigenvalue weighted by atomic mass is 9.97. The fraction of sp³-hybridized carbons (Fsp3) is 0.706. The minimum absolute atomic E-state index is 0.0761. The van der Waals surface area contributed by atoms with Gasteiger partial charge in [0.05, 0.1) is 11.5 Å². The Hall–Kier alpha value is -1.27. The average molecular weight is 280 g/mol. The standard InChI is InChI=1S/C17H28O3/c1-6-7-8-9-12-15(18)14(2)11-10-13-20-16(19)17(3,4)5/h9,12,14-15,18H,6-8,13H2,1-5H3/b12-9+/t14-,15?/m1/s1. The van der Waals surface area contributed by atoms with Crippen molar-refractivity contribution in [2.24, 2.45) is 11.3 Å². The Morgan fingerprint density at radius 3 is 2.60 bits per heavy atom. The van der Waals surface area contributed by atoms with Crippen LogP contribution in [0, 0.1) is 23.2 Å². The van der Waals surface area contributed by atoms with Gasteiger partial charge in [-0.2, -0.15) is 0 Å². The molecule has 0 amide bonds. The lowest BCUT2D eigenvalue weighted by molar-refractivity contribution is -0.151. The Bertz CT molecular complexity index is 366. The third kappa shape index (κ3) is 8.77. The van der Waals surface area contributed by atoms with Crippen molar-refractivity contribution in [3.8, 4) is 11.8 Å². The van der Waals surface area contributed by atoms with E-state index in [2.05, 4.69) is 18.8 Å². The highest BCUT2D eigenvalue weighted by atomic mass is 16.5. The van der Waals surface area contributed by atoms with Crippen LogP contribution < -0.4 is 0 Å². The van der Waals surface area contributed by atoms with E-state index in [1.807, 2.05) is 13.0 Å². The second-order valence-electron chi connectivity index (χ2n) is 6.00. The van der Waals surface area contributed by atoms with Crippen molar-refractivity contribution in [3.05, 3.63) is 12.2 Å². The fourth-order valence-electron chi connectivity index (χ4n) is 1.33. The molecule has 1 unspecified atom stereocenters. The van der Waals surface area contributed by atoms with Crippen molar-refractivity contribution >= 4 is 5.97 Å². The zero-order valence-corrected chi connectivity index (χ0v) is 13.4. The highest BCUT2D eigenvalue weighted by Gasteiger charge is 2.22. The van der Waals surface area contributed by atoms with Crippen molar-refractivity contribution in [3.63, 3.8) is 0 Å². The van der Waals surface area contributed by atoms with Gasteiger partial charge in [-0.1, -0.05) is 43.8 Å². The Labute approximate surface area is 123 Å². The quantitative estimate of drug-likeness (QED) is 0.351. The smallest absolute Gasteiger partial charge is 0.312 e. The summed E-state index contributed by atoms with van der Waals surface area (Å²) in [7, 11) is 0. The molecule has 0 saturated carbocycles. The molecule has 0 saturated heterocycles. The number of aliphatic hydroxyl groups excluding tert-OH is 1. The molecule has 20 heavy (non-hydrogen) atoms. The van der Waals surface area contributed by atoms with E-state index in [0.717, 1.165) is 19.3 Å². The predicted molar refractivity (Wildman–Crippen MR) is 82.0 cm³/mol. The molecule has 1 N–H and O–H groups in total. The first-order valence-electron chi connectivity index (χ1n) is 7.29. The molecule has 0 radical (unpaired) electrons. The summed E-state index contributed by atoms with van der Waals surface area (Å²) in [5.74, 6) is 5.26. The number of esters is 1. The molecule has 3 nitrogen and oxygen atoms in total. The monoisotopic (exact) mass is 280 g/mol. The first-order chi connectivity index (χ1) is 9.29. The minimum atomic E-state index is -0.572. The Kier molecular flexibility index (Phi) is 9.00. The van der Waals surface area contributed by atoms with Crippen molar-refractivity contribution < 1.29 is 14.6 Å². The number of allylic oxidation sites excluding steroid dienone is 1. The molecular weight excluding hydrogens is 252 g/mol. The summed E-state index contributed by atoms with van der Waals surface area (Å²) < 4.78 is 5.04. The Balaban J connectivity index is 4.08. The molecular formula is C17H28O3. The number of ether oxygens (including phenoxy) is 1. The maximum Gasteiger partial charge on any atom is 0.312 e. The minimum Gasteiger partial charge on any atom is -0.452 e. The van der Waals surface area contributed by atoms with Gasteiger partial charge >= 0.3 is 5.97 Å². The molecule has 0 bridgehead atoms. The van der Waals surface area contributed by atoms with Crippen LogP contribution in [-0.2, 0) is 9.53 Å². The van der Waals surface area contributed by atoms with Gasteiger partial charge in [-0.15, -0.1) is 0 Å². The molecule has 114 valence electrons. The Morgan fingerprint density at radius 2 is 2.05 bits per heavy atom. The number of unbranched alkanes of at least 4 members (excludes halogenated alkanes) is 2. The van der Waals surface area contributed by atoms with Crippen LogP contribution in [0.15, 0.2) is 12.2 Å². The zero-order valence-electron chi connectivity index (χ0n) is 13.4. The van der Waals surface area contributed by atoms with Gasteiger partial charge in [-0.3, -0.25) is 4.79 Å². The van der Waals surface area contributed by atoms with Gasteiger partial charge < -0.3 is 9.84 Å². The van der Waals surface area contributed by atoms with Gasteiger partial charge in [0.2, 0.25) is 0 Å². The topological polar surface area (TPSA) is 46.5 Å². The van der Waals surface area contributed by atoms with Crippen LogP contribution in [0.2, 0.25) is 0 Å². The third-order valence-corrected chi connectivity index (χ3v) is 2.79. The van der Waals surface area contributed by atoms with Gasteiger partial charge in [0.1, 0.15) is 0 Å². The van der Waals surface area contributed by atoms with E-state index in [9.17, 15) is 9.90 Å². The molecule has 3 heteroatoms. The van der Waals surface area contributed by atoms with Crippen molar-refractivity contribution in [1.29, 1.82) is 0 Å². The molecule has 0 aromatic carbocycles. The maximum absolute atomic E-state index is 11.5. The number of carbonyl (C=O) groups is 1. The van der Waals surface area contributed by atoms with E-state index in [0.29, 0.717) is 0 Å². The zero-order chi connectivity index (χ0) is 15.6. The molecule has 0 aromatic rings. The third-order valence-electron chi connectivity index (χ3n) is 2.79. The first-order valence-corrected chi connectivity index (χ1v) is 7.29. The lowest BCUT2D eigenvalue weighted by Crippen LogP contribution is -2.23. The van der Waals surface area contributed by atoms with Crippen LogP contribution in [0.3, 0.4) is 0 Å². The molecule has 0 fully saturated rings. The van der Waals surface area contributed by atoms with Crippen LogP contribution in [0.1, 0.15) is 53.9 Å². The summed E-state index contributed by atoms with van der Waals surface area (Å²) in [6.07, 6.45) is 6.47. The van der Waals surface area contributed by atoms with Crippen LogP contribution in [0.4, 0.5) is 0 Å². The van der Waals surface area contributed by atoms with E-state index in [-0.39, 0.29) is 18.5 Å². The predicted octanol–water partition coefficient (Wildman–Crippen LogP) is 3.32. The number of rotatable bonds is 6. The SMILES string of the molecule is CCCC/C=C/C(O)[C@H](C)C#CCOC(=O)C(C)(C)C. The summed E-state index contributed by atoms with van der Waals surface area (Å²) >= 11 is 0. The number of hydrogen-bond acceptors (Lipinski definition) is 3. The molecule has 0 aliphatic heterocycles. The summed E-state index contributed by atoms with van der Waals surface area (Å²) in [5, 5.41) is 9.86. The first kappa shape index (κ1) is 18.7. The van der Waals surface area contributed by atoms with Gasteiger partial charge in [0.25, 0.3) is 0 Å². The molecule has 0 aliphatic carbocycles. The average Bonchev–Trinajstić information content (AvgIpc) is 2.37. The lowest BCUT2D eigenvalue weighted by Gasteiger charge is -2.15. The molecule has 0 aromatic heterocycles. The molecule has 0 rings (SSSR count). The number of aliphatic hydroxyl groups is 1. The summed E-state index contributed by atoms with van der Waals surface area (Å²) in [4.78, 5) is 11.5. The number of carbonyl (C=O) groups excluding carboxylic acids is 1. The van der Waals surface area contributed by atoms with Crippen LogP contribution in [0.5, 0.6) is 0 Å². The second-order valence-corrected chi connectivity index (χ2v) is 6.00. The van der Waals surface area contributed by atoms with E-state index in [1.165, 1.54) is 0 Å².